The van der Waals surface area contributed by atoms with E-state index in [2.05, 4.69) is 5.32 Å². The molecule has 8 heavy (non-hydrogen) atoms. The largest absolute Gasteiger partial charge is 0.391 e. The molecule has 2 nitrogen and oxygen atoms in total. The smallest absolute Gasteiger partial charge is 0.0734 e. The van der Waals surface area contributed by atoms with Gasteiger partial charge in [0, 0.05) is 6.54 Å². The third-order valence-electron chi connectivity index (χ3n) is 2.37. The molecule has 1 saturated heterocycles. The Morgan fingerprint density at radius 2 is 2.38 bits per heavy atom. The summed E-state index contributed by atoms with van der Waals surface area (Å²) in [6.07, 6.45) is 3.36. The Morgan fingerprint density at radius 3 is 2.62 bits per heavy atom. The van der Waals surface area contributed by atoms with Crippen LogP contribution in [0, 0.1) is 0 Å². The molecule has 2 N–H and O–H groups in total. The van der Waals surface area contributed by atoms with Crippen LogP contribution in [-0.2, 0) is 0 Å². The second kappa shape index (κ2) is 1.25. The van der Waals surface area contributed by atoms with Gasteiger partial charge in [-0.3, -0.25) is 0 Å². The van der Waals surface area contributed by atoms with Gasteiger partial charge in [-0.25, -0.2) is 0 Å². The van der Waals surface area contributed by atoms with Crippen LogP contribution in [0.1, 0.15) is 19.3 Å². The highest BCUT2D eigenvalue weighted by atomic mass is 16.3. The quantitative estimate of drug-likeness (QED) is 0.430. The van der Waals surface area contributed by atoms with Crippen LogP contribution in [0.5, 0.6) is 0 Å². The van der Waals surface area contributed by atoms with Crippen LogP contribution in [0.25, 0.3) is 0 Å². The lowest BCUT2D eigenvalue weighted by Crippen LogP contribution is -2.25. The van der Waals surface area contributed by atoms with Crippen LogP contribution in [0.15, 0.2) is 0 Å². The first-order valence-electron chi connectivity index (χ1n) is 3.27. The van der Waals surface area contributed by atoms with Crippen molar-refractivity contribution in [3.8, 4) is 0 Å². The molecule has 2 heteroatoms. The molecule has 2 atom stereocenters. The van der Waals surface area contributed by atoms with Gasteiger partial charge in [0.1, 0.15) is 0 Å². The molecular formula is C6H11NO. The molecule has 2 unspecified atom stereocenters. The fraction of sp³-hybridized carbons (Fsp3) is 1.00. The molecule has 1 heterocycles. The van der Waals surface area contributed by atoms with E-state index in [1.807, 2.05) is 0 Å². The minimum absolute atomic E-state index is 0.0394. The summed E-state index contributed by atoms with van der Waals surface area (Å²) in [5, 5.41) is 12.5. The normalized spacial score (nSPS) is 52.9. The third-order valence-corrected chi connectivity index (χ3v) is 2.37. The van der Waals surface area contributed by atoms with Crippen molar-refractivity contribution >= 4 is 0 Å². The zero-order chi connectivity index (χ0) is 5.61. The second-order valence-corrected chi connectivity index (χ2v) is 2.92. The minimum atomic E-state index is -0.0394. The van der Waals surface area contributed by atoms with Gasteiger partial charge in [0.15, 0.2) is 0 Å². The molecule has 2 fully saturated rings. The van der Waals surface area contributed by atoms with E-state index < -0.39 is 0 Å². The predicted octanol–water partition coefficient (Wildman–Crippen LogP) is -0.127. The van der Waals surface area contributed by atoms with Crippen LogP contribution in [0.3, 0.4) is 0 Å². The molecule has 0 bridgehead atoms. The lowest BCUT2D eigenvalue weighted by atomic mass is 10.1. The Balaban J connectivity index is 2.12. The molecule has 2 rings (SSSR count). The van der Waals surface area contributed by atoms with Crippen molar-refractivity contribution in [2.24, 2.45) is 0 Å². The average Bonchev–Trinajstić information content (AvgIpc) is 2.39. The summed E-state index contributed by atoms with van der Waals surface area (Å²) in [5.74, 6) is 0. The van der Waals surface area contributed by atoms with Crippen molar-refractivity contribution in [2.45, 2.75) is 30.9 Å². The molecule has 0 radical (unpaired) electrons. The van der Waals surface area contributed by atoms with Crippen molar-refractivity contribution in [2.75, 3.05) is 6.54 Å². The summed E-state index contributed by atoms with van der Waals surface area (Å²) in [6, 6.07) is 0. The topological polar surface area (TPSA) is 42.2 Å². The molecule has 0 aromatic rings. The summed E-state index contributed by atoms with van der Waals surface area (Å²) in [5.41, 5.74) is 0.208. The lowest BCUT2D eigenvalue weighted by Gasteiger charge is -2.07. The van der Waals surface area contributed by atoms with Crippen molar-refractivity contribution in [1.29, 1.82) is 0 Å². The number of aliphatic hydroxyl groups excluding tert-OH is 1. The van der Waals surface area contributed by atoms with Crippen LogP contribution in [0.2, 0.25) is 0 Å². The maximum absolute atomic E-state index is 9.26. The zero-order valence-corrected chi connectivity index (χ0v) is 4.85. The van der Waals surface area contributed by atoms with E-state index >= 15 is 0 Å². The van der Waals surface area contributed by atoms with Gasteiger partial charge < -0.3 is 10.4 Å². The molecular weight excluding hydrogens is 102 g/mol. The Labute approximate surface area is 48.9 Å². The molecule has 2 aliphatic rings. The summed E-state index contributed by atoms with van der Waals surface area (Å²) in [7, 11) is 0. The van der Waals surface area contributed by atoms with Crippen molar-refractivity contribution < 1.29 is 5.11 Å². The van der Waals surface area contributed by atoms with E-state index in [0.717, 1.165) is 13.0 Å². The molecule has 46 valence electrons. The highest BCUT2D eigenvalue weighted by Crippen LogP contribution is 2.36. The molecule has 1 aliphatic heterocycles. The fourth-order valence-electron chi connectivity index (χ4n) is 1.58. The van der Waals surface area contributed by atoms with E-state index in [1.165, 1.54) is 12.8 Å². The fourth-order valence-corrected chi connectivity index (χ4v) is 1.58. The highest BCUT2D eigenvalue weighted by molar-refractivity contribution is 5.12. The maximum atomic E-state index is 9.26. The van der Waals surface area contributed by atoms with Crippen molar-refractivity contribution in [3.63, 3.8) is 0 Å². The van der Waals surface area contributed by atoms with Crippen molar-refractivity contribution in [3.05, 3.63) is 0 Å². The molecule has 1 spiro atoms. The van der Waals surface area contributed by atoms with Gasteiger partial charge >= 0.3 is 0 Å². The average molecular weight is 113 g/mol. The SMILES string of the molecule is OC1CCCC12CN2. The van der Waals surface area contributed by atoms with E-state index in [4.69, 9.17) is 0 Å². The Hall–Kier alpha value is -0.0800. The summed E-state index contributed by atoms with van der Waals surface area (Å²) in [6.45, 7) is 1.05. The molecule has 0 aromatic carbocycles. The number of hydrogen-bond acceptors (Lipinski definition) is 2. The summed E-state index contributed by atoms with van der Waals surface area (Å²) in [4.78, 5) is 0. The predicted molar refractivity (Wildman–Crippen MR) is 30.6 cm³/mol. The van der Waals surface area contributed by atoms with Crippen LogP contribution < -0.4 is 5.32 Å². The summed E-state index contributed by atoms with van der Waals surface area (Å²) >= 11 is 0. The third kappa shape index (κ3) is 0.446. The first-order valence-corrected chi connectivity index (χ1v) is 3.27. The van der Waals surface area contributed by atoms with Gasteiger partial charge in [0.2, 0.25) is 0 Å². The van der Waals surface area contributed by atoms with Gasteiger partial charge in [-0.1, -0.05) is 0 Å². The Bertz CT molecular complexity index is 109. The van der Waals surface area contributed by atoms with Gasteiger partial charge in [-0.05, 0) is 19.3 Å². The minimum Gasteiger partial charge on any atom is -0.391 e. The van der Waals surface area contributed by atoms with Crippen LogP contribution >= 0.6 is 0 Å². The zero-order valence-electron chi connectivity index (χ0n) is 4.85. The van der Waals surface area contributed by atoms with Gasteiger partial charge in [-0.15, -0.1) is 0 Å². The van der Waals surface area contributed by atoms with Crippen LogP contribution in [-0.4, -0.2) is 23.3 Å². The number of aliphatic hydroxyl groups is 1. The number of rotatable bonds is 0. The van der Waals surface area contributed by atoms with Gasteiger partial charge in [0.05, 0.1) is 11.6 Å². The monoisotopic (exact) mass is 113 g/mol. The summed E-state index contributed by atoms with van der Waals surface area (Å²) < 4.78 is 0. The molecule has 1 saturated carbocycles. The van der Waals surface area contributed by atoms with Gasteiger partial charge in [-0.2, -0.15) is 0 Å². The highest BCUT2D eigenvalue weighted by Gasteiger charge is 2.51. The van der Waals surface area contributed by atoms with E-state index in [-0.39, 0.29) is 11.6 Å². The standard InChI is InChI=1S/C6H11NO/c8-5-2-1-3-6(5)4-7-6/h5,7-8H,1-4H2. The Kier molecular flexibility index (Phi) is 0.746. The molecule has 1 aliphatic carbocycles. The lowest BCUT2D eigenvalue weighted by molar-refractivity contribution is 0.152. The molecule has 0 aromatic heterocycles. The van der Waals surface area contributed by atoms with E-state index in [0.29, 0.717) is 0 Å². The van der Waals surface area contributed by atoms with E-state index in [1.54, 1.807) is 0 Å². The second-order valence-electron chi connectivity index (χ2n) is 2.92. The Morgan fingerprint density at radius 1 is 1.62 bits per heavy atom. The molecule has 0 amide bonds. The van der Waals surface area contributed by atoms with Gasteiger partial charge in [0.25, 0.3) is 0 Å². The van der Waals surface area contributed by atoms with Crippen LogP contribution in [0.4, 0.5) is 0 Å². The first kappa shape index (κ1) is 4.77. The first-order chi connectivity index (χ1) is 3.83. The number of nitrogens with one attached hydrogen (secondary N) is 1. The van der Waals surface area contributed by atoms with Crippen molar-refractivity contribution in [1.82, 2.24) is 5.32 Å². The maximum Gasteiger partial charge on any atom is 0.0734 e. The number of hydrogen-bond donors (Lipinski definition) is 2. The van der Waals surface area contributed by atoms with E-state index in [9.17, 15) is 5.11 Å².